The molecule has 2 bridgehead atoms. The summed E-state index contributed by atoms with van der Waals surface area (Å²) < 4.78 is 25.1. The number of halogens is 2. The van der Waals surface area contributed by atoms with Gasteiger partial charge in [0.2, 0.25) is 0 Å². The topological polar surface area (TPSA) is 113 Å². The van der Waals surface area contributed by atoms with E-state index in [9.17, 15) is 19.1 Å². The predicted octanol–water partition coefficient (Wildman–Crippen LogP) is 3.36. The summed E-state index contributed by atoms with van der Waals surface area (Å²) in [5.41, 5.74) is 1.64. The summed E-state index contributed by atoms with van der Waals surface area (Å²) in [7, 11) is 1.34. The number of ether oxygens (including phenoxy) is 2. The number of piperidine rings is 1. The van der Waals surface area contributed by atoms with E-state index in [4.69, 9.17) is 14.5 Å². The van der Waals surface area contributed by atoms with Crippen LogP contribution >= 0.6 is 27.7 Å². The van der Waals surface area contributed by atoms with Crippen molar-refractivity contribution in [2.24, 2.45) is 21.8 Å². The number of hydrogen-bond acceptors (Lipinski definition) is 9. The van der Waals surface area contributed by atoms with Gasteiger partial charge in [0.05, 0.1) is 33.2 Å². The summed E-state index contributed by atoms with van der Waals surface area (Å²) in [5.74, 6) is -1.54. The van der Waals surface area contributed by atoms with E-state index in [0.717, 1.165) is 12.1 Å². The summed E-state index contributed by atoms with van der Waals surface area (Å²) >= 11 is 4.69. The molecule has 0 saturated carbocycles. The van der Waals surface area contributed by atoms with Crippen LogP contribution in [0.5, 0.6) is 0 Å². The molecule has 0 radical (unpaired) electrons. The fraction of sp³-hybridized carbons (Fsp3) is 0.520. The van der Waals surface area contributed by atoms with E-state index < -0.39 is 23.2 Å². The first-order valence-corrected chi connectivity index (χ1v) is 13.8. The molecule has 0 amide bonds. The van der Waals surface area contributed by atoms with Crippen LogP contribution in [-0.4, -0.2) is 77.7 Å². The van der Waals surface area contributed by atoms with Crippen molar-refractivity contribution < 1.29 is 28.6 Å². The Bertz CT molecular complexity index is 1160. The number of carboxylic acids is 1. The molecule has 1 aromatic rings. The molecule has 4 heterocycles. The van der Waals surface area contributed by atoms with Gasteiger partial charge < -0.3 is 19.9 Å². The SMILES string of the molecule is COC(=O)[C@@H]1SC(N2C=NCC=C2CC2C(CC(=O)O)CC3COCC2N3)=N[C@@H]1c1ccc(F)cc1Br. The lowest BCUT2D eigenvalue weighted by atomic mass is 9.73. The summed E-state index contributed by atoms with van der Waals surface area (Å²) in [5, 5.41) is 13.1. The Kier molecular flexibility index (Phi) is 7.99. The maximum atomic E-state index is 13.8. The monoisotopic (exact) mass is 594 g/mol. The van der Waals surface area contributed by atoms with Crippen molar-refractivity contribution in [3.8, 4) is 0 Å². The highest BCUT2D eigenvalue weighted by atomic mass is 79.9. The number of fused-ring (bicyclic) bond motifs is 2. The number of morpholine rings is 1. The lowest BCUT2D eigenvalue weighted by Gasteiger charge is -2.46. The molecule has 0 spiro atoms. The number of aliphatic imine (C=N–C) groups is 2. The third kappa shape index (κ3) is 5.62. The number of amidine groups is 1. The number of rotatable bonds is 6. The van der Waals surface area contributed by atoms with Gasteiger partial charge in [0.15, 0.2) is 5.17 Å². The first kappa shape index (κ1) is 26.3. The van der Waals surface area contributed by atoms with E-state index >= 15 is 0 Å². The van der Waals surface area contributed by atoms with Crippen molar-refractivity contribution >= 4 is 51.1 Å². The summed E-state index contributed by atoms with van der Waals surface area (Å²) in [6.07, 6.45) is 5.20. The Hall–Kier alpha value is -2.28. The van der Waals surface area contributed by atoms with Crippen molar-refractivity contribution in [2.75, 3.05) is 26.9 Å². The van der Waals surface area contributed by atoms with Gasteiger partial charge in [-0.05, 0) is 48.4 Å². The maximum Gasteiger partial charge on any atom is 0.321 e. The first-order chi connectivity index (χ1) is 17.8. The average molecular weight is 595 g/mol. The van der Waals surface area contributed by atoms with Crippen LogP contribution in [0.15, 0.2) is 44.4 Å². The minimum atomic E-state index is -0.795. The number of benzene rings is 1. The summed E-state index contributed by atoms with van der Waals surface area (Å²) in [6.45, 7) is 1.65. The molecule has 37 heavy (non-hydrogen) atoms. The average Bonchev–Trinajstić information content (AvgIpc) is 3.31. The number of esters is 1. The van der Waals surface area contributed by atoms with Gasteiger partial charge in [-0.25, -0.2) is 4.39 Å². The second-order valence-corrected chi connectivity index (χ2v) is 11.6. The van der Waals surface area contributed by atoms with Crippen LogP contribution in [0, 0.1) is 17.7 Å². The van der Waals surface area contributed by atoms with Gasteiger partial charge in [0, 0.05) is 28.7 Å². The quantitative estimate of drug-likeness (QED) is 0.482. The molecule has 5 rings (SSSR count). The number of carbonyl (C=O) groups excluding carboxylic acids is 1. The van der Waals surface area contributed by atoms with Gasteiger partial charge in [0.25, 0.3) is 0 Å². The van der Waals surface area contributed by atoms with Crippen LogP contribution in [0.2, 0.25) is 0 Å². The lowest BCUT2D eigenvalue weighted by Crippen LogP contribution is -2.59. The number of allylic oxidation sites excluding steroid dienone is 1. The van der Waals surface area contributed by atoms with Crippen LogP contribution in [-0.2, 0) is 19.1 Å². The molecule has 198 valence electrons. The van der Waals surface area contributed by atoms with Gasteiger partial charge in [-0.15, -0.1) is 0 Å². The molecular formula is C25H28BrFN4O5S. The second-order valence-electron chi connectivity index (χ2n) is 9.60. The number of aliphatic carboxylic acids is 1. The standard InChI is InChI=1S/C25H28BrFN4O5S/c1-35-24(34)23-22(17-3-2-14(27)8-19(17)26)30-25(37-23)31-12-28-5-4-16(31)9-18-13(7-21(32)33)6-15-10-36-11-20(18)29-15/h2-4,8,12-13,15,18,20,22-23,29H,5-7,9-11H2,1H3,(H,32,33)/t13?,15?,18?,20?,22-,23-/m1/s1. The van der Waals surface area contributed by atoms with Gasteiger partial charge in [0.1, 0.15) is 17.1 Å². The number of carbonyl (C=O) groups is 2. The van der Waals surface area contributed by atoms with Crippen LogP contribution in [0.4, 0.5) is 4.39 Å². The van der Waals surface area contributed by atoms with Gasteiger partial charge in [-0.1, -0.05) is 33.8 Å². The van der Waals surface area contributed by atoms with Crippen molar-refractivity contribution in [3.05, 3.63) is 45.8 Å². The van der Waals surface area contributed by atoms with Crippen molar-refractivity contribution in [2.45, 2.75) is 42.6 Å². The van der Waals surface area contributed by atoms with Gasteiger partial charge in [-0.2, -0.15) is 0 Å². The smallest absolute Gasteiger partial charge is 0.321 e. The fourth-order valence-electron chi connectivity index (χ4n) is 5.59. The molecule has 4 unspecified atom stereocenters. The maximum absolute atomic E-state index is 13.8. The molecular weight excluding hydrogens is 567 g/mol. The number of nitrogens with zero attached hydrogens (tertiary/aromatic N) is 3. The van der Waals surface area contributed by atoms with Crippen LogP contribution in [0.25, 0.3) is 0 Å². The molecule has 2 N–H and O–H groups in total. The molecule has 4 aliphatic heterocycles. The molecule has 2 fully saturated rings. The summed E-state index contributed by atoms with van der Waals surface area (Å²) in [6, 6.07) is 3.97. The van der Waals surface area contributed by atoms with E-state index in [1.165, 1.54) is 31.0 Å². The molecule has 9 nitrogen and oxygen atoms in total. The minimum absolute atomic E-state index is 0.0168. The molecule has 0 aromatic heterocycles. The zero-order valence-electron chi connectivity index (χ0n) is 20.2. The zero-order valence-corrected chi connectivity index (χ0v) is 22.6. The molecule has 1 aromatic carbocycles. The predicted molar refractivity (Wildman–Crippen MR) is 141 cm³/mol. The fourth-order valence-corrected chi connectivity index (χ4v) is 7.39. The first-order valence-electron chi connectivity index (χ1n) is 12.1. The highest BCUT2D eigenvalue weighted by Gasteiger charge is 2.44. The normalized spacial score (nSPS) is 31.1. The Morgan fingerprint density at radius 2 is 2.22 bits per heavy atom. The largest absolute Gasteiger partial charge is 0.481 e. The Labute approximate surface area is 226 Å². The second kappa shape index (κ2) is 11.2. The van der Waals surface area contributed by atoms with E-state index in [0.29, 0.717) is 41.4 Å². The van der Waals surface area contributed by atoms with Crippen molar-refractivity contribution in [1.29, 1.82) is 0 Å². The highest BCUT2D eigenvalue weighted by Crippen LogP contribution is 2.44. The lowest BCUT2D eigenvalue weighted by molar-refractivity contribution is -0.141. The molecule has 0 aliphatic carbocycles. The van der Waals surface area contributed by atoms with E-state index in [2.05, 4.69) is 26.2 Å². The molecule has 4 aliphatic rings. The molecule has 6 atom stereocenters. The third-order valence-corrected chi connectivity index (χ3v) is 9.19. The third-order valence-electron chi connectivity index (χ3n) is 7.29. The van der Waals surface area contributed by atoms with E-state index in [1.54, 1.807) is 12.4 Å². The molecule has 2 saturated heterocycles. The van der Waals surface area contributed by atoms with Gasteiger partial charge in [-0.3, -0.25) is 24.5 Å². The Balaban J connectivity index is 1.42. The number of nitrogens with one attached hydrogen (secondary N) is 1. The van der Waals surface area contributed by atoms with E-state index in [-0.39, 0.29) is 36.2 Å². The van der Waals surface area contributed by atoms with Crippen LogP contribution in [0.1, 0.15) is 30.9 Å². The van der Waals surface area contributed by atoms with Crippen LogP contribution in [0.3, 0.4) is 0 Å². The van der Waals surface area contributed by atoms with Crippen molar-refractivity contribution in [1.82, 2.24) is 10.2 Å². The number of thioether (sulfide) groups is 1. The van der Waals surface area contributed by atoms with Gasteiger partial charge >= 0.3 is 11.9 Å². The summed E-state index contributed by atoms with van der Waals surface area (Å²) in [4.78, 5) is 35.6. The Morgan fingerprint density at radius 3 is 2.97 bits per heavy atom. The Morgan fingerprint density at radius 1 is 1.38 bits per heavy atom. The number of carboxylic acid groups (broad SMARTS) is 1. The minimum Gasteiger partial charge on any atom is -0.481 e. The van der Waals surface area contributed by atoms with Crippen molar-refractivity contribution in [3.63, 3.8) is 0 Å². The number of methoxy groups -OCH3 is 1. The highest BCUT2D eigenvalue weighted by molar-refractivity contribution is 9.10. The van der Waals surface area contributed by atoms with E-state index in [1.807, 2.05) is 11.0 Å². The van der Waals surface area contributed by atoms with Crippen LogP contribution < -0.4 is 5.32 Å². The molecule has 12 heteroatoms. The number of hydrogen-bond donors (Lipinski definition) is 2. The zero-order chi connectivity index (χ0) is 26.1.